The SMILES string of the molecule is C=CC1CC/C(=C\C)C(=O)O1.C=CC=C.O=C=O. The molecule has 0 amide bonds. The van der Waals surface area contributed by atoms with E-state index in [1.165, 1.54) is 0 Å². The molecule has 4 nitrogen and oxygen atoms in total. The predicted octanol–water partition coefficient (Wildman–Crippen LogP) is 2.60. The van der Waals surface area contributed by atoms with Crippen LogP contribution in [-0.2, 0) is 19.1 Å². The fourth-order valence-electron chi connectivity index (χ4n) is 1.10. The van der Waals surface area contributed by atoms with Gasteiger partial charge in [-0.05, 0) is 19.8 Å². The molecule has 0 saturated carbocycles. The third kappa shape index (κ3) is 9.07. The normalized spacial score (nSPS) is 18.8. The van der Waals surface area contributed by atoms with Crippen LogP contribution < -0.4 is 0 Å². The van der Waals surface area contributed by atoms with Crippen LogP contribution in [0.25, 0.3) is 0 Å². The second-order valence-corrected chi connectivity index (χ2v) is 3.09. The largest absolute Gasteiger partial charge is 0.455 e. The van der Waals surface area contributed by atoms with Gasteiger partial charge in [-0.15, -0.1) is 0 Å². The minimum absolute atomic E-state index is 0.0776. The summed E-state index contributed by atoms with van der Waals surface area (Å²) in [5.41, 5.74) is 0.781. The topological polar surface area (TPSA) is 60.4 Å². The Morgan fingerprint density at radius 2 is 1.78 bits per heavy atom. The second-order valence-electron chi connectivity index (χ2n) is 3.09. The van der Waals surface area contributed by atoms with Gasteiger partial charge < -0.3 is 4.74 Å². The maximum atomic E-state index is 11.1. The molecular formula is C14H18O4. The minimum atomic E-state index is -0.191. The third-order valence-corrected chi connectivity index (χ3v) is 2.00. The molecule has 1 atom stereocenters. The van der Waals surface area contributed by atoms with Crippen molar-refractivity contribution < 1.29 is 19.1 Å². The smallest absolute Gasteiger partial charge is 0.373 e. The lowest BCUT2D eigenvalue weighted by molar-refractivity contribution is -0.191. The molecule has 0 bridgehead atoms. The molecule has 0 N–H and O–H groups in total. The lowest BCUT2D eigenvalue weighted by atomic mass is 10.0. The molecule has 0 aliphatic carbocycles. The van der Waals surface area contributed by atoms with Crippen molar-refractivity contribution in [2.24, 2.45) is 0 Å². The summed E-state index contributed by atoms with van der Waals surface area (Å²) >= 11 is 0. The molecule has 0 spiro atoms. The number of allylic oxidation sites excluding steroid dienone is 3. The summed E-state index contributed by atoms with van der Waals surface area (Å²) < 4.78 is 5.01. The van der Waals surface area contributed by atoms with Crippen LogP contribution in [0.2, 0.25) is 0 Å². The van der Waals surface area contributed by atoms with E-state index in [0.29, 0.717) is 0 Å². The zero-order valence-electron chi connectivity index (χ0n) is 10.6. The van der Waals surface area contributed by atoms with Crippen molar-refractivity contribution in [2.45, 2.75) is 25.9 Å². The summed E-state index contributed by atoms with van der Waals surface area (Å²) in [6.07, 6.45) is 8.61. The van der Waals surface area contributed by atoms with Crippen molar-refractivity contribution in [1.82, 2.24) is 0 Å². The highest BCUT2D eigenvalue weighted by molar-refractivity contribution is 5.89. The summed E-state index contributed by atoms with van der Waals surface area (Å²) in [5, 5.41) is 0. The Kier molecular flexibility index (Phi) is 13.0. The van der Waals surface area contributed by atoms with E-state index in [0.717, 1.165) is 18.4 Å². The van der Waals surface area contributed by atoms with E-state index < -0.39 is 0 Å². The van der Waals surface area contributed by atoms with Gasteiger partial charge in [0.1, 0.15) is 6.10 Å². The zero-order valence-corrected chi connectivity index (χ0v) is 10.6. The van der Waals surface area contributed by atoms with Gasteiger partial charge in [0.2, 0.25) is 0 Å². The Bertz CT molecular complexity index is 341. The first-order valence-corrected chi connectivity index (χ1v) is 5.32. The predicted molar refractivity (Wildman–Crippen MR) is 68.5 cm³/mol. The lowest BCUT2D eigenvalue weighted by Gasteiger charge is -2.20. The second kappa shape index (κ2) is 12.9. The fraction of sp³-hybridized carbons (Fsp3) is 0.286. The molecule has 98 valence electrons. The average molecular weight is 250 g/mol. The minimum Gasteiger partial charge on any atom is -0.455 e. The highest BCUT2D eigenvalue weighted by atomic mass is 16.5. The quantitative estimate of drug-likeness (QED) is 0.327. The third-order valence-electron chi connectivity index (χ3n) is 2.00. The van der Waals surface area contributed by atoms with E-state index in [1.54, 1.807) is 18.2 Å². The van der Waals surface area contributed by atoms with Crippen molar-refractivity contribution in [3.63, 3.8) is 0 Å². The number of cyclic esters (lactones) is 1. The molecule has 1 heterocycles. The van der Waals surface area contributed by atoms with Crippen molar-refractivity contribution in [1.29, 1.82) is 0 Å². The Morgan fingerprint density at radius 1 is 1.28 bits per heavy atom. The van der Waals surface area contributed by atoms with E-state index in [2.05, 4.69) is 19.7 Å². The summed E-state index contributed by atoms with van der Waals surface area (Å²) in [6, 6.07) is 0. The van der Waals surface area contributed by atoms with Crippen LogP contribution in [-0.4, -0.2) is 18.2 Å². The molecule has 1 saturated heterocycles. The van der Waals surface area contributed by atoms with Gasteiger partial charge in [0.25, 0.3) is 0 Å². The van der Waals surface area contributed by atoms with Crippen LogP contribution in [0.3, 0.4) is 0 Å². The standard InChI is InChI=1S/C9H12O2.C4H6.CO2/c1-3-7-5-6-8(4-2)11-9(7)10;1-3-4-2;2-1-3/h3-4,8H,2,5-6H2,1H3;3-4H,1-2H2;/b7-3+;;. The van der Waals surface area contributed by atoms with Crippen molar-refractivity contribution in [3.05, 3.63) is 49.6 Å². The van der Waals surface area contributed by atoms with Crippen molar-refractivity contribution in [2.75, 3.05) is 0 Å². The highest BCUT2D eigenvalue weighted by Crippen LogP contribution is 2.19. The molecule has 1 fully saturated rings. The van der Waals surface area contributed by atoms with Gasteiger partial charge in [-0.2, -0.15) is 9.59 Å². The van der Waals surface area contributed by atoms with Crippen LogP contribution in [0.1, 0.15) is 19.8 Å². The molecule has 1 aliphatic heterocycles. The first-order valence-electron chi connectivity index (χ1n) is 5.32. The zero-order chi connectivity index (χ0) is 14.4. The summed E-state index contributed by atoms with van der Waals surface area (Å²) in [4.78, 5) is 27.3. The number of carbonyl (C=O) groups excluding carboxylic acids is 3. The summed E-state index contributed by atoms with van der Waals surface area (Å²) in [6.45, 7) is 12.1. The Balaban J connectivity index is 0. The molecule has 1 rings (SSSR count). The molecule has 0 aromatic heterocycles. The number of hydrogen-bond donors (Lipinski definition) is 0. The molecule has 4 heteroatoms. The van der Waals surface area contributed by atoms with Gasteiger partial charge in [-0.1, -0.05) is 44.0 Å². The van der Waals surface area contributed by atoms with Gasteiger partial charge in [0, 0.05) is 5.57 Å². The lowest BCUT2D eigenvalue weighted by Crippen LogP contribution is -2.23. The first kappa shape index (κ1) is 18.2. The Morgan fingerprint density at radius 3 is 2.06 bits per heavy atom. The maximum absolute atomic E-state index is 11.1. The highest BCUT2D eigenvalue weighted by Gasteiger charge is 2.21. The number of esters is 1. The fourth-order valence-corrected chi connectivity index (χ4v) is 1.10. The summed E-state index contributed by atoms with van der Waals surface area (Å²) in [7, 11) is 0. The maximum Gasteiger partial charge on any atom is 0.373 e. The molecule has 0 aromatic carbocycles. The molecule has 18 heavy (non-hydrogen) atoms. The number of rotatable bonds is 2. The van der Waals surface area contributed by atoms with E-state index in [4.69, 9.17) is 14.3 Å². The van der Waals surface area contributed by atoms with Gasteiger partial charge in [-0.3, -0.25) is 0 Å². The average Bonchev–Trinajstić information content (AvgIpc) is 2.39. The van der Waals surface area contributed by atoms with Crippen molar-refractivity contribution >= 4 is 12.1 Å². The van der Waals surface area contributed by atoms with Crippen LogP contribution in [0.5, 0.6) is 0 Å². The van der Waals surface area contributed by atoms with Gasteiger partial charge in [0.15, 0.2) is 0 Å². The van der Waals surface area contributed by atoms with Crippen LogP contribution in [0, 0.1) is 0 Å². The van der Waals surface area contributed by atoms with E-state index in [-0.39, 0.29) is 18.2 Å². The van der Waals surface area contributed by atoms with Gasteiger partial charge in [-0.25, -0.2) is 4.79 Å². The Labute approximate surface area is 107 Å². The molecule has 1 aliphatic rings. The van der Waals surface area contributed by atoms with E-state index in [1.807, 2.05) is 13.0 Å². The molecule has 0 radical (unpaired) electrons. The van der Waals surface area contributed by atoms with Crippen LogP contribution >= 0.6 is 0 Å². The molecule has 0 aromatic rings. The van der Waals surface area contributed by atoms with Crippen LogP contribution in [0.15, 0.2) is 49.6 Å². The number of carbonyl (C=O) groups is 1. The van der Waals surface area contributed by atoms with Crippen molar-refractivity contribution in [3.8, 4) is 0 Å². The Hall–Kier alpha value is -2.19. The van der Waals surface area contributed by atoms with E-state index >= 15 is 0 Å². The van der Waals surface area contributed by atoms with Crippen LogP contribution in [0.4, 0.5) is 0 Å². The molecular weight excluding hydrogens is 232 g/mol. The summed E-state index contributed by atoms with van der Waals surface area (Å²) in [5.74, 6) is -0.191. The monoisotopic (exact) mass is 250 g/mol. The van der Waals surface area contributed by atoms with Gasteiger partial charge in [0.05, 0.1) is 0 Å². The number of hydrogen-bond acceptors (Lipinski definition) is 4. The molecule has 1 unspecified atom stereocenters. The van der Waals surface area contributed by atoms with Gasteiger partial charge >= 0.3 is 12.1 Å². The number of ether oxygens (including phenoxy) is 1. The first-order chi connectivity index (χ1) is 8.60. The van der Waals surface area contributed by atoms with E-state index in [9.17, 15) is 4.79 Å².